The smallest absolute Gasteiger partial charge is 0.339 e. The third-order valence-electron chi connectivity index (χ3n) is 2.53. The van der Waals surface area contributed by atoms with Crippen LogP contribution in [0.15, 0.2) is 41.3 Å². The summed E-state index contributed by atoms with van der Waals surface area (Å²) in [5, 5.41) is 11.0. The van der Waals surface area contributed by atoms with Crippen LogP contribution in [0, 0.1) is 10.1 Å². The van der Waals surface area contributed by atoms with Crippen LogP contribution in [0.1, 0.15) is 0 Å². The highest BCUT2D eigenvalue weighted by Crippen LogP contribution is 2.29. The van der Waals surface area contributed by atoms with Gasteiger partial charge in [-0.05, 0) is 30.3 Å². The van der Waals surface area contributed by atoms with Gasteiger partial charge in [0, 0.05) is 10.0 Å². The Labute approximate surface area is 135 Å². The predicted octanol–water partition coefficient (Wildman–Crippen LogP) is 3.25. The third kappa shape index (κ3) is 3.59. The monoisotopic (exact) mass is 362 g/mol. The minimum Gasteiger partial charge on any atom is -0.393 e. The second-order valence-corrected chi connectivity index (χ2v) is 6.54. The zero-order chi connectivity index (χ0) is 16.5. The standard InChI is InChI=1S/C12H8Cl2N2O5S/c13-7-3-8(14)5-10(4-7)22(19,20)21-9-1-2-11(15)12(6-9)16(17)18/h1-6H,15H2. The number of rotatable bonds is 4. The van der Waals surface area contributed by atoms with E-state index < -0.39 is 20.7 Å². The summed E-state index contributed by atoms with van der Waals surface area (Å²) < 4.78 is 29.1. The molecular weight excluding hydrogens is 355 g/mol. The van der Waals surface area contributed by atoms with Crippen molar-refractivity contribution in [3.05, 3.63) is 56.6 Å². The number of halogens is 2. The molecule has 0 aliphatic rings. The Morgan fingerprint density at radius 1 is 1.09 bits per heavy atom. The molecule has 22 heavy (non-hydrogen) atoms. The van der Waals surface area contributed by atoms with Crippen molar-refractivity contribution in [3.63, 3.8) is 0 Å². The van der Waals surface area contributed by atoms with Crippen molar-refractivity contribution in [2.75, 3.05) is 5.73 Å². The van der Waals surface area contributed by atoms with Gasteiger partial charge in [-0.25, -0.2) is 0 Å². The molecule has 0 atom stereocenters. The SMILES string of the molecule is Nc1ccc(OS(=O)(=O)c2cc(Cl)cc(Cl)c2)cc1[N+](=O)[O-]. The fourth-order valence-electron chi connectivity index (χ4n) is 1.58. The van der Waals surface area contributed by atoms with E-state index in [4.69, 9.17) is 33.1 Å². The summed E-state index contributed by atoms with van der Waals surface area (Å²) in [4.78, 5) is 9.77. The Hall–Kier alpha value is -2.03. The van der Waals surface area contributed by atoms with Crippen LogP contribution in [0.5, 0.6) is 5.75 Å². The van der Waals surface area contributed by atoms with Crippen LogP contribution in [0.2, 0.25) is 10.0 Å². The first-order valence-corrected chi connectivity index (χ1v) is 7.80. The van der Waals surface area contributed by atoms with Crippen molar-refractivity contribution in [3.8, 4) is 5.75 Å². The molecule has 2 rings (SSSR count). The van der Waals surface area contributed by atoms with Crippen LogP contribution in [-0.2, 0) is 10.1 Å². The molecule has 0 heterocycles. The average molecular weight is 363 g/mol. The van der Waals surface area contributed by atoms with Gasteiger partial charge < -0.3 is 9.92 Å². The highest BCUT2D eigenvalue weighted by atomic mass is 35.5. The van der Waals surface area contributed by atoms with E-state index in [9.17, 15) is 18.5 Å². The minimum absolute atomic E-state index is 0.109. The highest BCUT2D eigenvalue weighted by molar-refractivity contribution is 7.87. The summed E-state index contributed by atoms with van der Waals surface area (Å²) in [5.74, 6) is -0.253. The predicted molar refractivity (Wildman–Crippen MR) is 81.8 cm³/mol. The normalized spacial score (nSPS) is 11.2. The lowest BCUT2D eigenvalue weighted by atomic mass is 10.2. The molecule has 0 saturated carbocycles. The van der Waals surface area contributed by atoms with Gasteiger partial charge in [-0.1, -0.05) is 23.2 Å². The lowest BCUT2D eigenvalue weighted by molar-refractivity contribution is -0.383. The molecule has 0 unspecified atom stereocenters. The van der Waals surface area contributed by atoms with Gasteiger partial charge in [-0.2, -0.15) is 8.42 Å². The maximum absolute atomic E-state index is 12.1. The molecule has 0 radical (unpaired) electrons. The quantitative estimate of drug-likeness (QED) is 0.386. The Bertz CT molecular complexity index is 834. The van der Waals surface area contributed by atoms with E-state index in [1.54, 1.807) is 0 Å². The Morgan fingerprint density at radius 2 is 1.68 bits per heavy atom. The number of anilines is 1. The van der Waals surface area contributed by atoms with Gasteiger partial charge in [0.05, 0.1) is 11.0 Å². The van der Waals surface area contributed by atoms with Crippen LogP contribution >= 0.6 is 23.2 Å². The Morgan fingerprint density at radius 3 is 2.23 bits per heavy atom. The lowest BCUT2D eigenvalue weighted by Gasteiger charge is -2.08. The molecule has 0 fully saturated rings. The summed E-state index contributed by atoms with van der Waals surface area (Å²) in [6, 6.07) is 6.94. The van der Waals surface area contributed by atoms with E-state index in [0.29, 0.717) is 0 Å². The lowest BCUT2D eigenvalue weighted by Crippen LogP contribution is -2.10. The maximum atomic E-state index is 12.1. The first kappa shape index (κ1) is 16.3. The average Bonchev–Trinajstić information content (AvgIpc) is 2.39. The van der Waals surface area contributed by atoms with Crippen LogP contribution < -0.4 is 9.92 Å². The number of benzene rings is 2. The van der Waals surface area contributed by atoms with E-state index in [1.807, 2.05) is 0 Å². The first-order chi connectivity index (χ1) is 10.2. The van der Waals surface area contributed by atoms with Crippen molar-refractivity contribution in [2.24, 2.45) is 0 Å². The van der Waals surface area contributed by atoms with Crippen LogP contribution in [0.25, 0.3) is 0 Å². The molecule has 0 bridgehead atoms. The zero-order valence-corrected chi connectivity index (χ0v) is 13.0. The van der Waals surface area contributed by atoms with Gasteiger partial charge in [-0.15, -0.1) is 0 Å². The van der Waals surface area contributed by atoms with Gasteiger partial charge in [0.15, 0.2) is 0 Å². The second kappa shape index (κ2) is 5.99. The number of hydrogen-bond acceptors (Lipinski definition) is 6. The topological polar surface area (TPSA) is 113 Å². The summed E-state index contributed by atoms with van der Waals surface area (Å²) in [6.45, 7) is 0. The summed E-state index contributed by atoms with van der Waals surface area (Å²) >= 11 is 11.5. The molecule has 2 aromatic rings. The van der Waals surface area contributed by atoms with Crippen LogP contribution in [0.4, 0.5) is 11.4 Å². The largest absolute Gasteiger partial charge is 0.393 e. The molecule has 0 spiro atoms. The second-order valence-electron chi connectivity index (χ2n) is 4.12. The fourth-order valence-corrected chi connectivity index (χ4v) is 3.23. The summed E-state index contributed by atoms with van der Waals surface area (Å²) in [5.41, 5.74) is 4.85. The minimum atomic E-state index is -4.25. The van der Waals surface area contributed by atoms with E-state index in [1.165, 1.54) is 18.2 Å². The van der Waals surface area contributed by atoms with E-state index in [0.717, 1.165) is 18.2 Å². The Balaban J connectivity index is 2.41. The molecule has 0 aliphatic carbocycles. The van der Waals surface area contributed by atoms with E-state index in [-0.39, 0.29) is 26.4 Å². The summed E-state index contributed by atoms with van der Waals surface area (Å²) in [6.07, 6.45) is 0. The van der Waals surface area contributed by atoms with E-state index in [2.05, 4.69) is 0 Å². The van der Waals surface area contributed by atoms with Crippen molar-refractivity contribution in [1.29, 1.82) is 0 Å². The van der Waals surface area contributed by atoms with Crippen LogP contribution in [-0.4, -0.2) is 13.3 Å². The van der Waals surface area contributed by atoms with Crippen molar-refractivity contribution in [1.82, 2.24) is 0 Å². The van der Waals surface area contributed by atoms with Crippen molar-refractivity contribution >= 4 is 44.7 Å². The number of nitro benzene ring substituents is 1. The third-order valence-corrected chi connectivity index (χ3v) is 4.19. The zero-order valence-electron chi connectivity index (χ0n) is 10.7. The molecular formula is C12H8Cl2N2O5S. The fraction of sp³-hybridized carbons (Fsp3) is 0. The van der Waals surface area contributed by atoms with Crippen molar-refractivity contribution < 1.29 is 17.5 Å². The van der Waals surface area contributed by atoms with Crippen LogP contribution in [0.3, 0.4) is 0 Å². The first-order valence-electron chi connectivity index (χ1n) is 5.63. The molecule has 7 nitrogen and oxygen atoms in total. The number of hydrogen-bond donors (Lipinski definition) is 1. The highest BCUT2D eigenvalue weighted by Gasteiger charge is 2.20. The number of nitrogen functional groups attached to an aromatic ring is 1. The van der Waals surface area contributed by atoms with Gasteiger partial charge >= 0.3 is 10.1 Å². The molecule has 0 aromatic heterocycles. The van der Waals surface area contributed by atoms with Gasteiger partial charge in [0.25, 0.3) is 5.69 Å². The summed E-state index contributed by atoms with van der Waals surface area (Å²) in [7, 11) is -4.25. The molecule has 2 N–H and O–H groups in total. The molecule has 0 saturated heterocycles. The number of nitrogens with zero attached hydrogens (tertiary/aromatic N) is 1. The molecule has 116 valence electrons. The van der Waals surface area contributed by atoms with Gasteiger partial charge in [0.2, 0.25) is 0 Å². The van der Waals surface area contributed by atoms with Gasteiger partial charge in [0.1, 0.15) is 16.3 Å². The molecule has 0 amide bonds. The van der Waals surface area contributed by atoms with Crippen molar-refractivity contribution in [2.45, 2.75) is 4.90 Å². The molecule has 2 aromatic carbocycles. The molecule has 10 heteroatoms. The maximum Gasteiger partial charge on any atom is 0.339 e. The van der Waals surface area contributed by atoms with Gasteiger partial charge in [-0.3, -0.25) is 10.1 Å². The number of nitro groups is 1. The molecule has 0 aliphatic heterocycles. The number of nitrogens with two attached hydrogens (primary N) is 1. The Kier molecular flexibility index (Phi) is 4.45. The van der Waals surface area contributed by atoms with E-state index >= 15 is 0 Å².